The smallest absolute Gasteiger partial charge is 0.119 e. The lowest BCUT2D eigenvalue weighted by Crippen LogP contribution is -2.51. The molecule has 1 N–H and O–H groups in total. The van der Waals surface area contributed by atoms with E-state index in [0.29, 0.717) is 17.4 Å². The molecule has 0 aromatic heterocycles. The molecule has 0 radical (unpaired) electrons. The van der Waals surface area contributed by atoms with Gasteiger partial charge in [0.2, 0.25) is 0 Å². The summed E-state index contributed by atoms with van der Waals surface area (Å²) in [6, 6.07) is 0. The second-order valence-electron chi connectivity index (χ2n) is 7.08. The Morgan fingerprint density at radius 3 is 2.19 bits per heavy atom. The molecule has 0 bridgehead atoms. The summed E-state index contributed by atoms with van der Waals surface area (Å²) in [6.07, 6.45) is 11.0. The van der Waals surface area contributed by atoms with Crippen molar-refractivity contribution in [2.24, 2.45) is 0 Å². The molecule has 0 saturated carbocycles. The molecular weight excluding hydrogens is 266 g/mol. The number of allylic oxidation sites excluding steroid dienone is 2. The number of aliphatic hydroxyl groups is 1. The first-order valence-electron chi connectivity index (χ1n) is 8.06. The fraction of sp³-hybridized carbons (Fsp3) is 0.824. The van der Waals surface area contributed by atoms with E-state index in [2.05, 4.69) is 19.1 Å². The lowest BCUT2D eigenvalue weighted by molar-refractivity contribution is -0.877. The van der Waals surface area contributed by atoms with Gasteiger partial charge in [-0.3, -0.25) is 0 Å². The van der Waals surface area contributed by atoms with Gasteiger partial charge in [0.1, 0.15) is 12.1 Å². The van der Waals surface area contributed by atoms with Gasteiger partial charge in [0.25, 0.3) is 0 Å². The Hall–Kier alpha value is -0.870. The fourth-order valence-electron chi connectivity index (χ4n) is 2.67. The van der Waals surface area contributed by atoms with Crippen LogP contribution in [0, 0.1) is 0 Å². The van der Waals surface area contributed by atoms with Gasteiger partial charge >= 0.3 is 0 Å². The summed E-state index contributed by atoms with van der Waals surface area (Å²) in [6.45, 7) is 2.61. The van der Waals surface area contributed by atoms with Crippen LogP contribution in [0.2, 0.25) is 0 Å². The van der Waals surface area contributed by atoms with Crippen molar-refractivity contribution in [3.63, 3.8) is 0 Å². The Morgan fingerprint density at radius 1 is 1.14 bits per heavy atom. The van der Waals surface area contributed by atoms with Crippen molar-refractivity contribution in [1.29, 1.82) is 0 Å². The summed E-state index contributed by atoms with van der Waals surface area (Å²) in [4.78, 5) is 10.8. The van der Waals surface area contributed by atoms with Gasteiger partial charge in [-0.15, -0.1) is 0 Å². The third kappa shape index (κ3) is 12.6. The van der Waals surface area contributed by atoms with Gasteiger partial charge in [-0.2, -0.15) is 0 Å². The van der Waals surface area contributed by atoms with Gasteiger partial charge < -0.3 is 19.5 Å². The highest BCUT2D eigenvalue weighted by molar-refractivity contribution is 5.65. The molecule has 0 aliphatic heterocycles. The van der Waals surface area contributed by atoms with E-state index in [4.69, 9.17) is 0 Å². The summed E-state index contributed by atoms with van der Waals surface area (Å²) in [5.41, 5.74) is -1.17. The van der Waals surface area contributed by atoms with Crippen molar-refractivity contribution in [3.05, 3.63) is 12.2 Å². The summed E-state index contributed by atoms with van der Waals surface area (Å²) < 4.78 is 0.538. The van der Waals surface area contributed by atoms with Gasteiger partial charge in [0.05, 0.1) is 21.1 Å². The van der Waals surface area contributed by atoms with Crippen molar-refractivity contribution in [2.45, 2.75) is 63.9 Å². The number of likely N-dealkylation sites (N-methyl/N-ethyl adjacent to an activating group) is 1. The van der Waals surface area contributed by atoms with Crippen LogP contribution in [0.25, 0.3) is 0 Å². The fourth-order valence-corrected chi connectivity index (χ4v) is 2.67. The minimum Gasteiger partial charge on any atom is -0.550 e. The maximum Gasteiger partial charge on any atom is 0.119 e. The number of quaternary nitrogens is 1. The molecule has 0 fully saturated rings. The molecule has 0 aromatic rings. The van der Waals surface area contributed by atoms with E-state index >= 15 is 0 Å². The molecule has 4 nitrogen and oxygen atoms in total. The first kappa shape index (κ1) is 20.1. The number of carboxylic acid groups (broad SMARTS) is 1. The van der Waals surface area contributed by atoms with Crippen LogP contribution in [0.4, 0.5) is 0 Å². The molecule has 124 valence electrons. The number of carboxylic acids is 1. The molecule has 0 heterocycles. The molecule has 1 atom stereocenters. The Labute approximate surface area is 130 Å². The van der Waals surface area contributed by atoms with Crippen LogP contribution < -0.4 is 5.11 Å². The van der Waals surface area contributed by atoms with Crippen molar-refractivity contribution >= 4 is 5.97 Å². The van der Waals surface area contributed by atoms with Crippen LogP contribution >= 0.6 is 0 Å². The molecule has 0 aliphatic rings. The largest absolute Gasteiger partial charge is 0.550 e. The van der Waals surface area contributed by atoms with E-state index in [1.165, 1.54) is 19.3 Å². The third-order valence-corrected chi connectivity index (χ3v) is 3.40. The topological polar surface area (TPSA) is 60.4 Å². The number of carbonyl (C=O) groups is 1. The summed E-state index contributed by atoms with van der Waals surface area (Å²) >= 11 is 0. The molecule has 21 heavy (non-hydrogen) atoms. The van der Waals surface area contributed by atoms with Crippen LogP contribution in [-0.2, 0) is 4.79 Å². The highest BCUT2D eigenvalue weighted by Gasteiger charge is 2.32. The van der Waals surface area contributed by atoms with Crippen LogP contribution in [0.1, 0.15) is 58.3 Å². The first-order chi connectivity index (χ1) is 9.68. The van der Waals surface area contributed by atoms with Gasteiger partial charge in [0.15, 0.2) is 0 Å². The van der Waals surface area contributed by atoms with E-state index in [0.717, 1.165) is 19.3 Å². The van der Waals surface area contributed by atoms with E-state index < -0.39 is 11.6 Å². The van der Waals surface area contributed by atoms with Crippen LogP contribution in [-0.4, -0.2) is 48.8 Å². The maximum atomic E-state index is 10.8. The molecule has 0 spiro atoms. The van der Waals surface area contributed by atoms with Gasteiger partial charge in [0, 0.05) is 12.4 Å². The van der Waals surface area contributed by atoms with E-state index in [1.807, 2.05) is 21.1 Å². The molecule has 0 rings (SSSR count). The average molecular weight is 299 g/mol. The number of unbranched alkanes of at least 4 members (excludes halogenated alkanes) is 4. The van der Waals surface area contributed by atoms with Crippen molar-refractivity contribution in [1.82, 2.24) is 0 Å². The molecule has 0 aromatic carbocycles. The molecule has 0 aliphatic carbocycles. The predicted octanol–water partition coefficient (Wildman–Crippen LogP) is 1.87. The van der Waals surface area contributed by atoms with Gasteiger partial charge in [-0.1, -0.05) is 31.9 Å². The summed E-state index contributed by atoms with van der Waals surface area (Å²) in [7, 11) is 5.86. The molecule has 0 saturated heterocycles. The van der Waals surface area contributed by atoms with Crippen molar-refractivity contribution in [3.8, 4) is 0 Å². The Morgan fingerprint density at radius 2 is 1.71 bits per heavy atom. The highest BCUT2D eigenvalue weighted by Crippen LogP contribution is 2.21. The Bertz CT molecular complexity index is 320. The zero-order valence-corrected chi connectivity index (χ0v) is 14.2. The normalized spacial score (nSPS) is 15.3. The summed E-state index contributed by atoms with van der Waals surface area (Å²) in [5, 5.41) is 21.4. The van der Waals surface area contributed by atoms with Crippen LogP contribution in [0.3, 0.4) is 0 Å². The Balaban J connectivity index is 4.16. The number of nitrogens with zero attached hydrogens (tertiary/aromatic N) is 1. The van der Waals surface area contributed by atoms with Crippen molar-refractivity contribution in [2.75, 3.05) is 27.7 Å². The number of hydrogen-bond donors (Lipinski definition) is 1. The van der Waals surface area contributed by atoms with Gasteiger partial charge in [-0.25, -0.2) is 0 Å². The van der Waals surface area contributed by atoms with Gasteiger partial charge in [-0.05, 0) is 32.1 Å². The molecule has 1 unspecified atom stereocenters. The van der Waals surface area contributed by atoms with Crippen LogP contribution in [0.5, 0.6) is 0 Å². The third-order valence-electron chi connectivity index (χ3n) is 3.40. The van der Waals surface area contributed by atoms with Crippen LogP contribution in [0.15, 0.2) is 12.2 Å². The number of hydrogen-bond acceptors (Lipinski definition) is 3. The lowest BCUT2D eigenvalue weighted by atomic mass is 9.91. The zero-order chi connectivity index (χ0) is 16.4. The summed E-state index contributed by atoms with van der Waals surface area (Å²) in [5.74, 6) is -1.18. The predicted molar refractivity (Wildman–Crippen MR) is 84.6 cm³/mol. The first-order valence-corrected chi connectivity index (χ1v) is 8.06. The van der Waals surface area contributed by atoms with E-state index in [9.17, 15) is 15.0 Å². The average Bonchev–Trinajstić information content (AvgIpc) is 2.29. The molecule has 4 heteroatoms. The number of carbonyl (C=O) groups excluding carboxylic acids is 1. The molecular formula is C17H33NO3. The quantitative estimate of drug-likeness (QED) is 0.340. The SMILES string of the molecule is CCCCC/C=C\CCCC(O)(CC(=O)[O-])C[N+](C)(C)C. The lowest BCUT2D eigenvalue weighted by Gasteiger charge is -2.36. The second kappa shape index (κ2) is 9.96. The minimum absolute atomic E-state index is 0.289. The zero-order valence-electron chi connectivity index (χ0n) is 14.2. The van der Waals surface area contributed by atoms with E-state index in [-0.39, 0.29) is 6.42 Å². The standard InChI is InChI=1S/C17H33NO3/c1-5-6-7-8-9-10-11-12-13-17(21,14-16(19)20)15-18(2,3)4/h9-10,21H,5-8,11-15H2,1-4H3/b10-9-. The number of rotatable bonds is 12. The van der Waals surface area contributed by atoms with E-state index in [1.54, 1.807) is 0 Å². The Kier molecular flexibility index (Phi) is 9.54. The second-order valence-corrected chi connectivity index (χ2v) is 7.08. The monoisotopic (exact) mass is 299 g/mol. The van der Waals surface area contributed by atoms with Crippen molar-refractivity contribution < 1.29 is 19.5 Å². The maximum absolute atomic E-state index is 10.8. The number of aliphatic carboxylic acids is 1. The minimum atomic E-state index is -1.18. The molecule has 0 amide bonds. The highest BCUT2D eigenvalue weighted by atomic mass is 16.4.